The zero-order valence-electron chi connectivity index (χ0n) is 18.3. The van der Waals surface area contributed by atoms with Crippen LogP contribution in [-0.4, -0.2) is 22.3 Å². The van der Waals surface area contributed by atoms with Gasteiger partial charge in [-0.25, -0.2) is 4.79 Å². The van der Waals surface area contributed by atoms with Crippen LogP contribution in [0.25, 0.3) is 0 Å². The lowest BCUT2D eigenvalue weighted by Gasteiger charge is -2.26. The standard InChI is InChI=1S/C25H29N3O4/c1-18(30-16-19-8-4-2-5-9-19)23-27-28-24(32-23)21-12-14-22(15-13-21)26-25(29)31-17-20-10-6-3-7-11-20/h2-11,18,21-22H,12-17H2,1H3,(H,26,29)/t18-,21-,22-/m1/s1. The van der Waals surface area contributed by atoms with E-state index in [0.29, 0.717) is 18.4 Å². The quantitative estimate of drug-likeness (QED) is 0.517. The molecule has 168 valence electrons. The Morgan fingerprint density at radius 2 is 1.59 bits per heavy atom. The summed E-state index contributed by atoms with van der Waals surface area (Å²) >= 11 is 0. The van der Waals surface area contributed by atoms with Gasteiger partial charge in [0, 0.05) is 12.0 Å². The summed E-state index contributed by atoms with van der Waals surface area (Å²) in [6, 6.07) is 19.8. The molecule has 7 heteroatoms. The van der Waals surface area contributed by atoms with Gasteiger partial charge in [0.25, 0.3) is 0 Å². The molecule has 0 bridgehead atoms. The third-order valence-electron chi connectivity index (χ3n) is 5.76. The van der Waals surface area contributed by atoms with Crippen LogP contribution in [0.2, 0.25) is 0 Å². The molecule has 1 atom stereocenters. The number of rotatable bonds is 8. The maximum atomic E-state index is 12.1. The van der Waals surface area contributed by atoms with Crippen molar-refractivity contribution in [1.82, 2.24) is 15.5 Å². The maximum Gasteiger partial charge on any atom is 0.407 e. The summed E-state index contributed by atoms with van der Waals surface area (Å²) < 4.78 is 17.1. The molecule has 0 spiro atoms. The molecule has 0 radical (unpaired) electrons. The summed E-state index contributed by atoms with van der Waals surface area (Å²) in [5.41, 5.74) is 2.08. The number of nitrogens with zero attached hydrogens (tertiary/aromatic N) is 2. The van der Waals surface area contributed by atoms with Crippen LogP contribution in [0.15, 0.2) is 65.1 Å². The third-order valence-corrected chi connectivity index (χ3v) is 5.76. The summed E-state index contributed by atoms with van der Waals surface area (Å²) in [5, 5.41) is 11.4. The van der Waals surface area contributed by atoms with Crippen molar-refractivity contribution in [3.05, 3.63) is 83.6 Å². The SMILES string of the molecule is C[C@@H](OCc1ccccc1)c1nnc([C@H]2CC[C@H](NC(=O)OCc3ccccc3)CC2)o1. The molecular formula is C25H29N3O4. The van der Waals surface area contributed by atoms with Gasteiger partial charge in [0.05, 0.1) is 6.61 Å². The molecule has 0 saturated heterocycles. The lowest BCUT2D eigenvalue weighted by Crippen LogP contribution is -2.37. The van der Waals surface area contributed by atoms with E-state index in [9.17, 15) is 4.79 Å². The molecule has 4 rings (SSSR count). The zero-order chi connectivity index (χ0) is 22.2. The monoisotopic (exact) mass is 435 g/mol. The van der Waals surface area contributed by atoms with E-state index in [1.165, 1.54) is 0 Å². The topological polar surface area (TPSA) is 86.5 Å². The van der Waals surface area contributed by atoms with Gasteiger partial charge in [0.1, 0.15) is 12.7 Å². The molecule has 1 aromatic heterocycles. The van der Waals surface area contributed by atoms with Crippen LogP contribution in [-0.2, 0) is 22.7 Å². The fourth-order valence-electron chi connectivity index (χ4n) is 3.86. The van der Waals surface area contributed by atoms with Crippen LogP contribution in [0.4, 0.5) is 4.79 Å². The first-order chi connectivity index (χ1) is 15.7. The molecule has 1 saturated carbocycles. The van der Waals surface area contributed by atoms with Gasteiger partial charge in [-0.2, -0.15) is 0 Å². The van der Waals surface area contributed by atoms with E-state index >= 15 is 0 Å². The van der Waals surface area contributed by atoms with E-state index in [2.05, 4.69) is 15.5 Å². The minimum absolute atomic E-state index is 0.102. The number of hydrogen-bond acceptors (Lipinski definition) is 6. The Morgan fingerprint density at radius 1 is 0.969 bits per heavy atom. The molecule has 3 aromatic rings. The van der Waals surface area contributed by atoms with Gasteiger partial charge in [-0.3, -0.25) is 0 Å². The van der Waals surface area contributed by atoms with Crippen LogP contribution in [0, 0.1) is 0 Å². The summed E-state index contributed by atoms with van der Waals surface area (Å²) in [6.45, 7) is 2.69. The highest BCUT2D eigenvalue weighted by Crippen LogP contribution is 2.33. The molecule has 2 aromatic carbocycles. The van der Waals surface area contributed by atoms with E-state index in [0.717, 1.165) is 36.8 Å². The number of carbonyl (C=O) groups is 1. The summed E-state index contributed by atoms with van der Waals surface area (Å²) in [4.78, 5) is 12.1. The number of nitrogens with one attached hydrogen (secondary N) is 1. The normalized spacial score (nSPS) is 19.3. The maximum absolute atomic E-state index is 12.1. The van der Waals surface area contributed by atoms with E-state index < -0.39 is 0 Å². The van der Waals surface area contributed by atoms with Gasteiger partial charge in [-0.1, -0.05) is 60.7 Å². The van der Waals surface area contributed by atoms with Gasteiger partial charge in [0.2, 0.25) is 11.8 Å². The Morgan fingerprint density at radius 3 is 2.25 bits per heavy atom. The molecule has 1 amide bonds. The fourth-order valence-corrected chi connectivity index (χ4v) is 3.86. The Kier molecular flexibility index (Phi) is 7.51. The second-order valence-electron chi connectivity index (χ2n) is 8.17. The number of alkyl carbamates (subject to hydrolysis) is 1. The molecule has 32 heavy (non-hydrogen) atoms. The Hall–Kier alpha value is -3.19. The Bertz CT molecular complexity index is 969. The van der Waals surface area contributed by atoms with Crippen molar-refractivity contribution in [2.75, 3.05) is 0 Å². The van der Waals surface area contributed by atoms with E-state index in [1.54, 1.807) is 0 Å². The second kappa shape index (κ2) is 10.9. The van der Waals surface area contributed by atoms with Crippen molar-refractivity contribution in [3.63, 3.8) is 0 Å². The third kappa shape index (κ3) is 6.17. The fraction of sp³-hybridized carbons (Fsp3) is 0.400. The Balaban J connectivity index is 1.19. The largest absolute Gasteiger partial charge is 0.445 e. The van der Waals surface area contributed by atoms with Crippen molar-refractivity contribution < 1.29 is 18.7 Å². The average molecular weight is 436 g/mol. The minimum atomic E-state index is -0.373. The molecule has 1 aliphatic rings. The van der Waals surface area contributed by atoms with Crippen LogP contribution >= 0.6 is 0 Å². The van der Waals surface area contributed by atoms with E-state index in [4.69, 9.17) is 13.9 Å². The van der Waals surface area contributed by atoms with Gasteiger partial charge >= 0.3 is 6.09 Å². The average Bonchev–Trinajstić information content (AvgIpc) is 3.34. The molecule has 7 nitrogen and oxygen atoms in total. The number of benzene rings is 2. The second-order valence-corrected chi connectivity index (χ2v) is 8.17. The summed E-state index contributed by atoms with van der Waals surface area (Å²) in [5.74, 6) is 1.36. The molecule has 1 fully saturated rings. The molecule has 1 N–H and O–H groups in total. The predicted octanol–water partition coefficient (Wildman–Crippen LogP) is 5.30. The molecular weight excluding hydrogens is 406 g/mol. The van der Waals surface area contributed by atoms with Crippen molar-refractivity contribution in [2.45, 2.75) is 63.9 Å². The molecule has 1 aliphatic carbocycles. The lowest BCUT2D eigenvalue weighted by atomic mass is 9.86. The minimum Gasteiger partial charge on any atom is -0.445 e. The van der Waals surface area contributed by atoms with Crippen LogP contribution in [0.1, 0.15) is 67.5 Å². The van der Waals surface area contributed by atoms with Gasteiger partial charge in [-0.05, 0) is 43.7 Å². The smallest absolute Gasteiger partial charge is 0.407 e. The predicted molar refractivity (Wildman–Crippen MR) is 119 cm³/mol. The van der Waals surface area contributed by atoms with Crippen LogP contribution in [0.3, 0.4) is 0 Å². The highest BCUT2D eigenvalue weighted by atomic mass is 16.5. The lowest BCUT2D eigenvalue weighted by molar-refractivity contribution is 0.0333. The highest BCUT2D eigenvalue weighted by molar-refractivity contribution is 5.67. The first-order valence-corrected chi connectivity index (χ1v) is 11.1. The number of ether oxygens (including phenoxy) is 2. The number of aromatic nitrogens is 2. The molecule has 0 aliphatic heterocycles. The van der Waals surface area contributed by atoms with Gasteiger partial charge in [0.15, 0.2) is 0 Å². The Labute approximate surface area is 188 Å². The molecule has 1 heterocycles. The van der Waals surface area contributed by atoms with Crippen molar-refractivity contribution >= 4 is 6.09 Å². The van der Waals surface area contributed by atoms with Gasteiger partial charge in [-0.15, -0.1) is 10.2 Å². The molecule has 0 unspecified atom stereocenters. The first-order valence-electron chi connectivity index (χ1n) is 11.1. The van der Waals surface area contributed by atoms with Crippen molar-refractivity contribution in [3.8, 4) is 0 Å². The van der Waals surface area contributed by atoms with Crippen molar-refractivity contribution in [1.29, 1.82) is 0 Å². The number of amides is 1. The highest BCUT2D eigenvalue weighted by Gasteiger charge is 2.28. The summed E-state index contributed by atoms with van der Waals surface area (Å²) in [7, 11) is 0. The van der Waals surface area contributed by atoms with Crippen molar-refractivity contribution in [2.24, 2.45) is 0 Å². The van der Waals surface area contributed by atoms with Gasteiger partial charge < -0.3 is 19.2 Å². The number of carbonyl (C=O) groups excluding carboxylic acids is 1. The van der Waals surface area contributed by atoms with E-state index in [1.807, 2.05) is 67.6 Å². The van der Waals surface area contributed by atoms with E-state index in [-0.39, 0.29) is 30.8 Å². The number of hydrogen-bond donors (Lipinski definition) is 1. The van der Waals surface area contributed by atoms with Crippen LogP contribution in [0.5, 0.6) is 0 Å². The first kappa shape index (κ1) is 22.0. The van der Waals surface area contributed by atoms with Crippen LogP contribution < -0.4 is 5.32 Å². The summed E-state index contributed by atoms with van der Waals surface area (Å²) in [6.07, 6.45) is 2.82. The zero-order valence-corrected chi connectivity index (χ0v) is 18.3.